The molecule has 0 aromatic heterocycles. The summed E-state index contributed by atoms with van der Waals surface area (Å²) in [5.74, 6) is -2.15. The number of carbonyl (C=O) groups excluding carboxylic acids is 1. The van der Waals surface area contributed by atoms with Crippen molar-refractivity contribution in [1.29, 1.82) is 0 Å². The average molecular weight is 344 g/mol. The first-order valence-corrected chi connectivity index (χ1v) is 11.2. The van der Waals surface area contributed by atoms with Crippen molar-refractivity contribution in [2.45, 2.75) is 51.3 Å². The van der Waals surface area contributed by atoms with Crippen molar-refractivity contribution in [2.75, 3.05) is 0 Å². The molecular weight excluding hydrogens is 321 g/mol. The van der Waals surface area contributed by atoms with E-state index in [1.165, 1.54) is 0 Å². The average Bonchev–Trinajstić information content (AvgIpc) is 2.41. The lowest BCUT2D eigenvalue weighted by Gasteiger charge is -2.18. The molecule has 1 rings (SSSR count). The summed E-state index contributed by atoms with van der Waals surface area (Å²) in [4.78, 5) is 11.1. The van der Waals surface area contributed by atoms with E-state index in [1.54, 1.807) is 30.3 Å². The Kier molecular flexibility index (Phi) is 6.62. The highest BCUT2D eigenvalue weighted by atomic mass is 28.3. The minimum atomic E-state index is -4.98. The number of carbonyl (C=O) groups is 1. The molecule has 1 aromatic carbocycles. The zero-order chi connectivity index (χ0) is 17.7. The van der Waals surface area contributed by atoms with Gasteiger partial charge in [0.25, 0.3) is 0 Å². The summed E-state index contributed by atoms with van der Waals surface area (Å²) in [6.45, 7) is 8.50. The fourth-order valence-electron chi connectivity index (χ4n) is 1.89. The van der Waals surface area contributed by atoms with Crippen molar-refractivity contribution in [3.8, 4) is 0 Å². The second-order valence-electron chi connectivity index (χ2n) is 6.77. The Bertz CT molecular complexity index is 542. The Balaban J connectivity index is 2.84. The van der Waals surface area contributed by atoms with E-state index in [0.717, 1.165) is 11.6 Å². The van der Waals surface area contributed by atoms with Crippen molar-refractivity contribution >= 4 is 14.0 Å². The molecule has 1 aromatic rings. The summed E-state index contributed by atoms with van der Waals surface area (Å²) < 4.78 is 42.0. The summed E-state index contributed by atoms with van der Waals surface area (Å²) in [6, 6.07) is 7.89. The third-order valence-electron chi connectivity index (χ3n) is 3.18. The molecule has 0 fully saturated rings. The molecule has 0 aliphatic heterocycles. The Hall–Kier alpha value is -1.56. The first kappa shape index (κ1) is 19.5. The van der Waals surface area contributed by atoms with Gasteiger partial charge < -0.3 is 4.74 Å². The number of allylic oxidation sites excluding steroid dienone is 1. The van der Waals surface area contributed by atoms with Crippen molar-refractivity contribution in [3.05, 3.63) is 47.5 Å². The molecule has 0 aliphatic rings. The molecule has 0 spiro atoms. The van der Waals surface area contributed by atoms with Crippen LogP contribution in [0.25, 0.3) is 0 Å². The molecule has 1 unspecified atom stereocenters. The molecule has 0 amide bonds. The number of hydrogen-bond acceptors (Lipinski definition) is 2. The standard InChI is InChI=1S/C17H23F3O2Si/c1-13-8-10-14(11-9-13)15(22-16(21)17(18,19)20)7-5-6-12-23(2,3)4/h5-6,8-11,15H,7,12H2,1-4H3/b6-5-. The van der Waals surface area contributed by atoms with Gasteiger partial charge in [0.2, 0.25) is 0 Å². The fraction of sp³-hybridized carbons (Fsp3) is 0.471. The highest BCUT2D eigenvalue weighted by molar-refractivity contribution is 6.76. The van der Waals surface area contributed by atoms with E-state index in [9.17, 15) is 18.0 Å². The monoisotopic (exact) mass is 344 g/mol. The quantitative estimate of drug-likeness (QED) is 0.391. The van der Waals surface area contributed by atoms with Crippen LogP contribution in [-0.2, 0) is 9.53 Å². The van der Waals surface area contributed by atoms with Crippen LogP contribution in [0.15, 0.2) is 36.4 Å². The van der Waals surface area contributed by atoms with E-state index in [2.05, 4.69) is 24.4 Å². The maximum Gasteiger partial charge on any atom is 0.490 e. The van der Waals surface area contributed by atoms with Crippen molar-refractivity contribution in [3.63, 3.8) is 0 Å². The van der Waals surface area contributed by atoms with Gasteiger partial charge >= 0.3 is 12.1 Å². The molecule has 6 heteroatoms. The molecular formula is C17H23F3O2Si. The summed E-state index contributed by atoms with van der Waals surface area (Å²) in [7, 11) is -1.25. The van der Waals surface area contributed by atoms with Crippen LogP contribution in [0.5, 0.6) is 0 Å². The number of aryl methyl sites for hydroxylation is 1. The lowest BCUT2D eigenvalue weighted by atomic mass is 10.0. The van der Waals surface area contributed by atoms with E-state index in [0.29, 0.717) is 5.56 Å². The van der Waals surface area contributed by atoms with E-state index >= 15 is 0 Å². The minimum Gasteiger partial charge on any atom is -0.451 e. The van der Waals surface area contributed by atoms with Gasteiger partial charge in [0.1, 0.15) is 6.10 Å². The van der Waals surface area contributed by atoms with Crippen molar-refractivity contribution < 1.29 is 22.7 Å². The fourth-order valence-corrected chi connectivity index (χ4v) is 2.76. The highest BCUT2D eigenvalue weighted by Gasteiger charge is 2.42. The maximum atomic E-state index is 12.4. The van der Waals surface area contributed by atoms with Crippen LogP contribution in [0.2, 0.25) is 25.7 Å². The molecule has 1 atom stereocenters. The predicted molar refractivity (Wildman–Crippen MR) is 88.0 cm³/mol. The number of esters is 1. The molecule has 2 nitrogen and oxygen atoms in total. The molecule has 23 heavy (non-hydrogen) atoms. The SMILES string of the molecule is Cc1ccc(C(C/C=C\C[Si](C)(C)C)OC(=O)C(F)(F)F)cc1. The highest BCUT2D eigenvalue weighted by Crippen LogP contribution is 2.27. The van der Waals surface area contributed by atoms with Crippen LogP contribution >= 0.6 is 0 Å². The minimum absolute atomic E-state index is 0.232. The number of rotatable bonds is 6. The molecule has 0 radical (unpaired) electrons. The summed E-state index contributed by atoms with van der Waals surface area (Å²) in [5, 5.41) is 0. The van der Waals surface area contributed by atoms with E-state index in [-0.39, 0.29) is 6.42 Å². The first-order chi connectivity index (χ1) is 10.5. The van der Waals surface area contributed by atoms with Gasteiger partial charge in [-0.05, 0) is 18.5 Å². The van der Waals surface area contributed by atoms with Gasteiger partial charge in [-0.15, -0.1) is 0 Å². The third kappa shape index (κ3) is 7.50. The van der Waals surface area contributed by atoms with E-state index in [1.807, 2.05) is 13.0 Å². The van der Waals surface area contributed by atoms with E-state index in [4.69, 9.17) is 0 Å². The molecule has 128 valence electrons. The van der Waals surface area contributed by atoms with Crippen LogP contribution in [0.3, 0.4) is 0 Å². The summed E-state index contributed by atoms with van der Waals surface area (Å²) in [5.41, 5.74) is 1.55. The van der Waals surface area contributed by atoms with Gasteiger partial charge in [0.15, 0.2) is 0 Å². The molecule has 0 N–H and O–H groups in total. The molecule has 0 aliphatic carbocycles. The first-order valence-electron chi connectivity index (χ1n) is 7.48. The van der Waals surface area contributed by atoms with Gasteiger partial charge in [-0.2, -0.15) is 13.2 Å². The molecule has 0 saturated carbocycles. The van der Waals surface area contributed by atoms with Crippen molar-refractivity contribution in [1.82, 2.24) is 0 Å². The number of halogens is 3. The lowest BCUT2D eigenvalue weighted by Crippen LogP contribution is -2.27. The largest absolute Gasteiger partial charge is 0.490 e. The smallest absolute Gasteiger partial charge is 0.451 e. The van der Waals surface area contributed by atoms with Crippen LogP contribution in [0, 0.1) is 6.92 Å². The Morgan fingerprint density at radius 3 is 2.22 bits per heavy atom. The number of alkyl halides is 3. The van der Waals surface area contributed by atoms with Gasteiger partial charge in [-0.25, -0.2) is 4.79 Å². The van der Waals surface area contributed by atoms with Gasteiger partial charge in [0.05, 0.1) is 0 Å². The molecule has 0 saturated heterocycles. The Labute approximate surface area is 136 Å². The number of hydrogen-bond donors (Lipinski definition) is 0. The third-order valence-corrected chi connectivity index (χ3v) is 4.64. The normalized spacial score (nSPS) is 14.0. The second kappa shape index (κ2) is 7.81. The number of ether oxygens (including phenoxy) is 1. The number of benzene rings is 1. The van der Waals surface area contributed by atoms with Gasteiger partial charge in [0, 0.05) is 14.5 Å². The summed E-state index contributed by atoms with van der Waals surface area (Å²) >= 11 is 0. The maximum absolute atomic E-state index is 12.4. The molecule has 0 heterocycles. The van der Waals surface area contributed by atoms with Crippen LogP contribution in [-0.4, -0.2) is 20.2 Å². The Morgan fingerprint density at radius 1 is 1.17 bits per heavy atom. The van der Waals surface area contributed by atoms with Gasteiger partial charge in [-0.1, -0.05) is 61.6 Å². The van der Waals surface area contributed by atoms with Crippen molar-refractivity contribution in [2.24, 2.45) is 0 Å². The lowest BCUT2D eigenvalue weighted by molar-refractivity contribution is -0.205. The van der Waals surface area contributed by atoms with Crippen LogP contribution in [0.1, 0.15) is 23.7 Å². The topological polar surface area (TPSA) is 26.3 Å². The zero-order valence-electron chi connectivity index (χ0n) is 13.9. The predicted octanol–water partition coefficient (Wildman–Crippen LogP) is 5.43. The van der Waals surface area contributed by atoms with Crippen LogP contribution in [0.4, 0.5) is 13.2 Å². The Morgan fingerprint density at radius 2 is 1.74 bits per heavy atom. The van der Waals surface area contributed by atoms with Crippen LogP contribution < -0.4 is 0 Å². The summed E-state index contributed by atoms with van der Waals surface area (Å²) in [6.07, 6.45) is -1.91. The van der Waals surface area contributed by atoms with E-state index < -0.39 is 26.3 Å². The van der Waals surface area contributed by atoms with Gasteiger partial charge in [-0.3, -0.25) is 0 Å². The second-order valence-corrected chi connectivity index (χ2v) is 12.3. The molecule has 0 bridgehead atoms. The zero-order valence-corrected chi connectivity index (χ0v) is 14.9.